The lowest BCUT2D eigenvalue weighted by Gasteiger charge is -2.10. The Bertz CT molecular complexity index is 242. The van der Waals surface area contributed by atoms with Crippen molar-refractivity contribution in [1.82, 2.24) is 4.98 Å². The molecule has 1 aromatic heterocycles. The zero-order chi connectivity index (χ0) is 9.14. The Hall–Kier alpha value is -0.410. The summed E-state index contributed by atoms with van der Waals surface area (Å²) in [7, 11) is 0. The van der Waals surface area contributed by atoms with Gasteiger partial charge >= 0.3 is 0 Å². The number of aryl methyl sites for hydroxylation is 1. The normalized spacial score (nSPS) is 16.0. The summed E-state index contributed by atoms with van der Waals surface area (Å²) in [4.78, 5) is 4.43. The second-order valence-corrected chi connectivity index (χ2v) is 4.47. The van der Waals surface area contributed by atoms with Gasteiger partial charge in [0.1, 0.15) is 0 Å². The second-order valence-electron chi connectivity index (χ2n) is 3.41. The van der Waals surface area contributed by atoms with Gasteiger partial charge in [-0.2, -0.15) is 0 Å². The quantitative estimate of drug-likeness (QED) is 0.782. The van der Waals surface area contributed by atoms with E-state index >= 15 is 0 Å². The summed E-state index contributed by atoms with van der Waals surface area (Å²) in [5, 5.41) is 3.27. The molecule has 2 nitrogen and oxygen atoms in total. The molecule has 0 fully saturated rings. The van der Waals surface area contributed by atoms with Gasteiger partial charge in [0.2, 0.25) is 0 Å². The Morgan fingerprint density at radius 1 is 1.58 bits per heavy atom. The van der Waals surface area contributed by atoms with Crippen LogP contribution in [-0.2, 0) is 0 Å². The standard InChI is InChI=1S/C9H16N2S/c1-6(4-7(2)10)9-5-12-8(3)11-9/h5-7H,4,10H2,1-3H3. The van der Waals surface area contributed by atoms with Gasteiger partial charge in [-0.1, -0.05) is 6.92 Å². The van der Waals surface area contributed by atoms with Crippen LogP contribution in [0.15, 0.2) is 5.38 Å². The highest BCUT2D eigenvalue weighted by molar-refractivity contribution is 7.09. The van der Waals surface area contributed by atoms with Crippen LogP contribution in [0.5, 0.6) is 0 Å². The minimum Gasteiger partial charge on any atom is -0.328 e. The largest absolute Gasteiger partial charge is 0.328 e. The molecule has 0 spiro atoms. The van der Waals surface area contributed by atoms with Crippen LogP contribution in [0.25, 0.3) is 0 Å². The molecule has 2 N–H and O–H groups in total. The lowest BCUT2D eigenvalue weighted by Crippen LogP contribution is -2.17. The summed E-state index contributed by atoms with van der Waals surface area (Å²) >= 11 is 1.71. The highest BCUT2D eigenvalue weighted by Gasteiger charge is 2.10. The van der Waals surface area contributed by atoms with Crippen molar-refractivity contribution >= 4 is 11.3 Å². The van der Waals surface area contributed by atoms with Gasteiger partial charge < -0.3 is 5.73 Å². The van der Waals surface area contributed by atoms with Crippen molar-refractivity contribution in [3.05, 3.63) is 16.1 Å². The molecule has 0 aliphatic heterocycles. The van der Waals surface area contributed by atoms with Gasteiger partial charge in [-0.3, -0.25) is 0 Å². The third kappa shape index (κ3) is 2.57. The SMILES string of the molecule is Cc1nc(C(C)CC(C)N)cs1. The van der Waals surface area contributed by atoms with Crippen LogP contribution in [0.2, 0.25) is 0 Å². The highest BCUT2D eigenvalue weighted by atomic mass is 32.1. The molecule has 68 valence electrons. The zero-order valence-electron chi connectivity index (χ0n) is 7.87. The number of nitrogens with zero attached hydrogens (tertiary/aromatic N) is 1. The molecule has 0 radical (unpaired) electrons. The molecule has 2 unspecified atom stereocenters. The third-order valence-corrected chi connectivity index (χ3v) is 2.66. The van der Waals surface area contributed by atoms with Crippen molar-refractivity contribution in [3.8, 4) is 0 Å². The molecule has 0 aliphatic carbocycles. The number of rotatable bonds is 3. The summed E-state index contributed by atoms with van der Waals surface area (Å²) < 4.78 is 0. The molecule has 0 aliphatic rings. The van der Waals surface area contributed by atoms with Crippen molar-refractivity contribution in [3.63, 3.8) is 0 Å². The van der Waals surface area contributed by atoms with Gasteiger partial charge in [0.05, 0.1) is 10.7 Å². The molecule has 2 atom stereocenters. The first-order chi connectivity index (χ1) is 5.59. The average molecular weight is 184 g/mol. The zero-order valence-corrected chi connectivity index (χ0v) is 8.69. The number of hydrogen-bond acceptors (Lipinski definition) is 3. The first-order valence-electron chi connectivity index (χ1n) is 4.27. The lowest BCUT2D eigenvalue weighted by molar-refractivity contribution is 0.577. The first-order valence-corrected chi connectivity index (χ1v) is 5.15. The summed E-state index contributed by atoms with van der Waals surface area (Å²) in [6, 6.07) is 0.266. The van der Waals surface area contributed by atoms with Crippen LogP contribution in [0.3, 0.4) is 0 Å². The molecule has 0 aromatic carbocycles. The lowest BCUT2D eigenvalue weighted by atomic mass is 10.0. The summed E-state index contributed by atoms with van der Waals surface area (Å²) in [6.45, 7) is 6.25. The predicted molar refractivity (Wildman–Crippen MR) is 53.5 cm³/mol. The van der Waals surface area contributed by atoms with E-state index in [-0.39, 0.29) is 6.04 Å². The van der Waals surface area contributed by atoms with Gasteiger partial charge in [0.25, 0.3) is 0 Å². The van der Waals surface area contributed by atoms with E-state index in [1.165, 1.54) is 5.69 Å². The predicted octanol–water partition coefficient (Wildman–Crippen LogP) is 2.29. The van der Waals surface area contributed by atoms with Crippen LogP contribution < -0.4 is 5.73 Å². The molecule has 0 bridgehead atoms. The average Bonchev–Trinajstić information content (AvgIpc) is 2.34. The fourth-order valence-electron chi connectivity index (χ4n) is 1.28. The molecule has 0 saturated carbocycles. The van der Waals surface area contributed by atoms with E-state index in [9.17, 15) is 0 Å². The summed E-state index contributed by atoms with van der Waals surface area (Å²) in [5.41, 5.74) is 6.90. The molecule has 1 rings (SSSR count). The van der Waals surface area contributed by atoms with Crippen molar-refractivity contribution in [2.75, 3.05) is 0 Å². The van der Waals surface area contributed by atoms with Crippen molar-refractivity contribution in [2.24, 2.45) is 5.73 Å². The van der Waals surface area contributed by atoms with Gasteiger partial charge in [-0.05, 0) is 20.3 Å². The molecular formula is C9H16N2S. The van der Waals surface area contributed by atoms with E-state index in [1.54, 1.807) is 11.3 Å². The van der Waals surface area contributed by atoms with Crippen LogP contribution in [0.4, 0.5) is 0 Å². The molecule has 3 heteroatoms. The number of hydrogen-bond donors (Lipinski definition) is 1. The monoisotopic (exact) mass is 184 g/mol. The molecule has 0 amide bonds. The van der Waals surface area contributed by atoms with Gasteiger partial charge in [0, 0.05) is 17.3 Å². The number of thiazole rings is 1. The van der Waals surface area contributed by atoms with Crippen LogP contribution in [-0.4, -0.2) is 11.0 Å². The Labute approximate surface area is 77.8 Å². The van der Waals surface area contributed by atoms with Crippen LogP contribution in [0.1, 0.15) is 36.9 Å². The Morgan fingerprint density at radius 2 is 2.25 bits per heavy atom. The molecule has 12 heavy (non-hydrogen) atoms. The smallest absolute Gasteiger partial charge is 0.0897 e. The van der Waals surface area contributed by atoms with Crippen molar-refractivity contribution in [1.29, 1.82) is 0 Å². The van der Waals surface area contributed by atoms with Crippen LogP contribution >= 0.6 is 11.3 Å². The fraction of sp³-hybridized carbons (Fsp3) is 0.667. The Kier molecular flexibility index (Phi) is 3.23. The summed E-state index contributed by atoms with van der Waals surface area (Å²) in [5.74, 6) is 0.495. The van der Waals surface area contributed by atoms with Gasteiger partial charge in [-0.25, -0.2) is 4.98 Å². The third-order valence-electron chi connectivity index (χ3n) is 1.87. The molecule has 0 saturated heterocycles. The van der Waals surface area contributed by atoms with E-state index < -0.39 is 0 Å². The van der Waals surface area contributed by atoms with Gasteiger partial charge in [0.15, 0.2) is 0 Å². The van der Waals surface area contributed by atoms with Gasteiger partial charge in [-0.15, -0.1) is 11.3 Å². The van der Waals surface area contributed by atoms with E-state index in [1.807, 2.05) is 13.8 Å². The minimum absolute atomic E-state index is 0.266. The maximum atomic E-state index is 5.71. The summed E-state index contributed by atoms with van der Waals surface area (Å²) in [6.07, 6.45) is 1.02. The van der Waals surface area contributed by atoms with E-state index in [4.69, 9.17) is 5.73 Å². The molecule has 1 aromatic rings. The maximum absolute atomic E-state index is 5.71. The van der Waals surface area contributed by atoms with E-state index in [2.05, 4.69) is 17.3 Å². The number of nitrogens with two attached hydrogens (primary N) is 1. The van der Waals surface area contributed by atoms with Crippen molar-refractivity contribution in [2.45, 2.75) is 39.2 Å². The molecule has 1 heterocycles. The first kappa shape index (κ1) is 9.68. The van der Waals surface area contributed by atoms with Crippen LogP contribution in [0, 0.1) is 6.92 Å². The van der Waals surface area contributed by atoms with E-state index in [0.717, 1.165) is 11.4 Å². The maximum Gasteiger partial charge on any atom is 0.0897 e. The molecular weight excluding hydrogens is 168 g/mol. The highest BCUT2D eigenvalue weighted by Crippen LogP contribution is 2.21. The van der Waals surface area contributed by atoms with Crippen molar-refractivity contribution < 1.29 is 0 Å². The second kappa shape index (κ2) is 4.01. The minimum atomic E-state index is 0.266. The number of aromatic nitrogens is 1. The van der Waals surface area contributed by atoms with E-state index in [0.29, 0.717) is 5.92 Å². The Balaban J connectivity index is 2.58. The Morgan fingerprint density at radius 3 is 2.67 bits per heavy atom. The topological polar surface area (TPSA) is 38.9 Å². The fourth-order valence-corrected chi connectivity index (χ4v) is 2.02.